The predicted molar refractivity (Wildman–Crippen MR) is 129 cm³/mol. The second-order valence-electron chi connectivity index (χ2n) is 9.37. The third-order valence-electron chi connectivity index (χ3n) is 6.90. The van der Waals surface area contributed by atoms with E-state index >= 15 is 0 Å². The van der Waals surface area contributed by atoms with Crippen LogP contribution in [0.25, 0.3) is 6.08 Å². The Morgan fingerprint density at radius 1 is 1.47 bits per heavy atom. The molecule has 1 aromatic rings. The quantitative estimate of drug-likeness (QED) is 0.193. The lowest BCUT2D eigenvalue weighted by atomic mass is 9.79. The minimum Gasteiger partial charge on any atom is -0.393 e. The molecule has 0 aromatic carbocycles. The second-order valence-corrected chi connectivity index (χ2v) is 11.1. The van der Waals surface area contributed by atoms with Gasteiger partial charge in [-0.2, -0.15) is 0 Å². The smallest absolute Gasteiger partial charge is 0.269 e. The third kappa shape index (κ3) is 4.68. The van der Waals surface area contributed by atoms with Gasteiger partial charge in [-0.15, -0.1) is 11.8 Å². The van der Waals surface area contributed by atoms with Crippen molar-refractivity contribution < 1.29 is 24.1 Å². The van der Waals surface area contributed by atoms with Gasteiger partial charge in [0.25, 0.3) is 5.24 Å². The number of nitrogens with two attached hydrogens (primary N) is 1. The number of aliphatic hydroxyl groups is 1. The average Bonchev–Trinajstić information content (AvgIpc) is 3.41. The van der Waals surface area contributed by atoms with Crippen LogP contribution in [0.3, 0.4) is 0 Å². The Hall–Kier alpha value is -2.14. The number of carbonyl (C=O) groups excluding carboxylic acids is 3. The molecular weight excluding hydrogens is 478 g/mol. The summed E-state index contributed by atoms with van der Waals surface area (Å²) in [6, 6.07) is 0.0914. The number of thioether (sulfide) groups is 1. The summed E-state index contributed by atoms with van der Waals surface area (Å²) in [4.78, 5) is 38.2. The minimum absolute atomic E-state index is 0.0430. The van der Waals surface area contributed by atoms with Gasteiger partial charge in [0.15, 0.2) is 5.69 Å². The molecule has 11 heteroatoms. The molecule has 0 aliphatic carbocycles. The van der Waals surface area contributed by atoms with E-state index in [1.165, 1.54) is 11.0 Å². The molecule has 2 saturated heterocycles. The van der Waals surface area contributed by atoms with Crippen molar-refractivity contribution in [2.45, 2.75) is 56.7 Å². The molecule has 1 aromatic heterocycles. The highest BCUT2D eigenvalue weighted by molar-refractivity contribution is 8.03. The van der Waals surface area contributed by atoms with Crippen molar-refractivity contribution in [3.63, 3.8) is 0 Å². The third-order valence-corrected chi connectivity index (χ3v) is 8.59. The first-order chi connectivity index (χ1) is 16.1. The molecule has 3 aliphatic heterocycles. The number of hydrogen-bond donors (Lipinski definition) is 3. The first-order valence-corrected chi connectivity index (χ1v) is 12.7. The highest BCUT2D eigenvalue weighted by Gasteiger charge is 2.59. The van der Waals surface area contributed by atoms with Crippen LogP contribution < -0.4 is 15.6 Å². The minimum atomic E-state index is -0.761. The van der Waals surface area contributed by atoms with Gasteiger partial charge in [0.1, 0.15) is 11.9 Å². The number of allylic oxidation sites excluding steroid dienone is 1. The van der Waals surface area contributed by atoms with Gasteiger partial charge in [-0.1, -0.05) is 6.92 Å². The maximum atomic E-state index is 12.6. The molecule has 184 valence electrons. The average molecular weight is 509 g/mol. The normalized spacial score (nSPS) is 29.6. The van der Waals surface area contributed by atoms with E-state index in [1.54, 1.807) is 24.8 Å². The van der Waals surface area contributed by atoms with Crippen LogP contribution >= 0.6 is 23.4 Å². The maximum Gasteiger partial charge on any atom is 0.269 e. The molecule has 2 fully saturated rings. The van der Waals surface area contributed by atoms with E-state index < -0.39 is 23.2 Å². The Balaban J connectivity index is 1.39. The molecule has 34 heavy (non-hydrogen) atoms. The molecular formula is C23H31ClN5O4S+. The van der Waals surface area contributed by atoms with E-state index in [9.17, 15) is 19.5 Å². The summed E-state index contributed by atoms with van der Waals surface area (Å²) in [7, 11) is 1.93. The number of fused-ring (bicyclic) bond motifs is 1. The number of nitrogens with zero attached hydrogens (tertiary/aromatic N) is 3. The van der Waals surface area contributed by atoms with Crippen molar-refractivity contribution in [3.8, 4) is 0 Å². The fraction of sp³-hybridized carbons (Fsp3) is 0.565. The van der Waals surface area contributed by atoms with Crippen LogP contribution in [-0.4, -0.2) is 61.6 Å². The molecule has 0 unspecified atom stereocenters. The van der Waals surface area contributed by atoms with Crippen LogP contribution in [0.5, 0.6) is 0 Å². The number of carbonyl (C=O) groups is 3. The van der Waals surface area contributed by atoms with Gasteiger partial charge in [-0.05, 0) is 31.0 Å². The highest BCUT2D eigenvalue weighted by atomic mass is 35.5. The van der Waals surface area contributed by atoms with E-state index in [0.717, 1.165) is 36.5 Å². The molecule has 0 radical (unpaired) electrons. The topological polar surface area (TPSA) is 122 Å². The number of β-lactam (4-membered cyclic amide) rings is 1. The van der Waals surface area contributed by atoms with Crippen molar-refractivity contribution in [2.24, 2.45) is 24.6 Å². The van der Waals surface area contributed by atoms with Crippen molar-refractivity contribution in [1.82, 2.24) is 14.8 Å². The van der Waals surface area contributed by atoms with Crippen molar-refractivity contribution in [2.75, 3.05) is 6.54 Å². The number of amides is 2. The lowest BCUT2D eigenvalue weighted by Gasteiger charge is -2.46. The van der Waals surface area contributed by atoms with Gasteiger partial charge < -0.3 is 21.1 Å². The van der Waals surface area contributed by atoms with Crippen molar-refractivity contribution >= 4 is 46.5 Å². The SMILES string of the molecule is C[C@@H](O)[C@H]1C(=O)N2C(C(=O)Cl)=C(S[C@@H]3CN[C@H](CCn4c[n+](C)cc4C=CC(N)=O)C3)[C@H](C)[C@H]12. The molecule has 0 saturated carbocycles. The van der Waals surface area contributed by atoms with Gasteiger partial charge in [-0.25, -0.2) is 9.13 Å². The summed E-state index contributed by atoms with van der Waals surface area (Å²) >= 11 is 7.53. The second kappa shape index (κ2) is 9.85. The van der Waals surface area contributed by atoms with Crippen LogP contribution in [0.1, 0.15) is 32.4 Å². The van der Waals surface area contributed by atoms with Crippen molar-refractivity contribution in [1.29, 1.82) is 0 Å². The number of halogens is 1. The Labute approximate surface area is 208 Å². The molecule has 4 heterocycles. The van der Waals surface area contributed by atoms with E-state index in [1.807, 2.05) is 31.1 Å². The molecule has 2 amide bonds. The zero-order valence-electron chi connectivity index (χ0n) is 19.5. The maximum absolute atomic E-state index is 12.6. The monoisotopic (exact) mass is 508 g/mol. The Kier molecular flexibility index (Phi) is 7.23. The van der Waals surface area contributed by atoms with Gasteiger partial charge in [-0.3, -0.25) is 14.4 Å². The van der Waals surface area contributed by atoms with Crippen LogP contribution in [-0.2, 0) is 28.0 Å². The van der Waals surface area contributed by atoms with Crippen LogP contribution in [0.2, 0.25) is 0 Å². The molecule has 4 rings (SSSR count). The molecule has 4 N–H and O–H groups in total. The molecule has 0 bridgehead atoms. The van der Waals surface area contributed by atoms with Gasteiger partial charge >= 0.3 is 0 Å². The number of nitrogens with one attached hydrogen (secondary N) is 1. The zero-order valence-corrected chi connectivity index (χ0v) is 21.1. The van der Waals surface area contributed by atoms with E-state index in [-0.39, 0.29) is 23.1 Å². The number of aromatic nitrogens is 2. The summed E-state index contributed by atoms with van der Waals surface area (Å²) in [5, 5.41) is 13.2. The summed E-state index contributed by atoms with van der Waals surface area (Å²) < 4.78 is 4.02. The molecule has 0 spiro atoms. The van der Waals surface area contributed by atoms with Gasteiger partial charge in [0, 0.05) is 41.2 Å². The lowest BCUT2D eigenvalue weighted by Crippen LogP contribution is -2.63. The number of rotatable bonds is 9. The molecule has 9 nitrogen and oxygen atoms in total. The first kappa shape index (κ1) is 25.0. The molecule has 6 atom stereocenters. The number of hydrogen-bond acceptors (Lipinski definition) is 6. The number of aliphatic hydroxyl groups excluding tert-OH is 1. The van der Waals surface area contributed by atoms with Crippen LogP contribution in [0, 0.1) is 11.8 Å². The number of imidazole rings is 1. The fourth-order valence-electron chi connectivity index (χ4n) is 5.32. The summed E-state index contributed by atoms with van der Waals surface area (Å²) in [5.41, 5.74) is 6.42. The lowest BCUT2D eigenvalue weighted by molar-refractivity contribution is -0.671. The van der Waals surface area contributed by atoms with Crippen LogP contribution in [0.15, 0.2) is 29.2 Å². The Morgan fingerprint density at radius 3 is 2.85 bits per heavy atom. The Bertz CT molecular complexity index is 1070. The van der Waals surface area contributed by atoms with Gasteiger partial charge in [0.2, 0.25) is 18.1 Å². The summed E-state index contributed by atoms with van der Waals surface area (Å²) in [6.45, 7) is 5.19. The predicted octanol–water partition coefficient (Wildman–Crippen LogP) is 0.499. The summed E-state index contributed by atoms with van der Waals surface area (Å²) in [6.07, 6.45) is 8.04. The standard InChI is InChI=1S/C23H30ClN5O4S/c1-12-19-18(13(2)30)23(33)29(19)20(22(24)32)21(12)34-16-8-14(26-9-16)6-7-28-11-27(3)10-15(28)4-5-17(25)31/h4-5,10-14,16,18-19,26,30H,6-9H2,1-3H3,(H-,25,31)/p+1/t12-,13-,14-,16+,18-,19-/m1/s1. The van der Waals surface area contributed by atoms with Crippen molar-refractivity contribution in [3.05, 3.63) is 34.9 Å². The number of primary amides is 1. The Morgan fingerprint density at radius 2 is 2.21 bits per heavy atom. The van der Waals surface area contributed by atoms with E-state index in [0.29, 0.717) is 11.7 Å². The van der Waals surface area contributed by atoms with Crippen LogP contribution in [0.4, 0.5) is 0 Å². The first-order valence-electron chi connectivity index (χ1n) is 11.5. The molecule has 3 aliphatic rings. The largest absolute Gasteiger partial charge is 0.393 e. The van der Waals surface area contributed by atoms with E-state index in [4.69, 9.17) is 17.3 Å². The number of aryl methyl sites for hydroxylation is 2. The van der Waals surface area contributed by atoms with Gasteiger partial charge in [0.05, 0.1) is 31.7 Å². The highest BCUT2D eigenvalue weighted by Crippen LogP contribution is 2.52. The summed E-state index contributed by atoms with van der Waals surface area (Å²) in [5.74, 6) is -1.24. The fourth-order valence-corrected chi connectivity index (χ4v) is 7.10. The van der Waals surface area contributed by atoms with E-state index in [2.05, 4.69) is 9.88 Å². The zero-order chi connectivity index (χ0) is 24.7.